The van der Waals surface area contributed by atoms with E-state index in [1.54, 1.807) is 0 Å². The lowest BCUT2D eigenvalue weighted by atomic mass is 9.83. The van der Waals surface area contributed by atoms with Crippen molar-refractivity contribution in [2.75, 3.05) is 0 Å². The molecular weight excluding hydrogens is 236 g/mol. The molecule has 1 atom stereocenters. The van der Waals surface area contributed by atoms with Crippen LogP contribution in [-0.4, -0.2) is 11.1 Å². The zero-order valence-corrected chi connectivity index (χ0v) is 12.9. The fourth-order valence-corrected chi connectivity index (χ4v) is 2.24. The maximum Gasteiger partial charge on any atom is 0.307 e. The molecule has 0 aliphatic rings. The molecule has 1 aromatic rings. The number of aliphatic carboxylic acids is 1. The topological polar surface area (TPSA) is 37.3 Å². The molecule has 0 fully saturated rings. The van der Waals surface area contributed by atoms with Gasteiger partial charge in [0.05, 0.1) is 5.92 Å². The highest BCUT2D eigenvalue weighted by molar-refractivity contribution is 5.70. The monoisotopic (exact) mass is 262 g/mol. The quantitative estimate of drug-likeness (QED) is 0.883. The zero-order valence-electron chi connectivity index (χ0n) is 12.9. The molecule has 0 amide bonds. The lowest BCUT2D eigenvalue weighted by molar-refractivity contribution is -0.143. The molecule has 1 aromatic carbocycles. The van der Waals surface area contributed by atoms with E-state index in [1.165, 1.54) is 11.1 Å². The maximum absolute atomic E-state index is 11.3. The van der Waals surface area contributed by atoms with E-state index in [0.717, 1.165) is 5.56 Å². The molecule has 2 heteroatoms. The van der Waals surface area contributed by atoms with Crippen molar-refractivity contribution < 1.29 is 9.90 Å². The summed E-state index contributed by atoms with van der Waals surface area (Å²) >= 11 is 0. The Hall–Kier alpha value is -1.31. The molecule has 0 aromatic heterocycles. The minimum atomic E-state index is -0.700. The first-order valence-corrected chi connectivity index (χ1v) is 6.95. The molecule has 0 aliphatic heterocycles. The van der Waals surface area contributed by atoms with Crippen LogP contribution < -0.4 is 0 Å². The minimum Gasteiger partial charge on any atom is -0.481 e. The van der Waals surface area contributed by atoms with Crippen molar-refractivity contribution in [2.24, 2.45) is 11.8 Å². The largest absolute Gasteiger partial charge is 0.481 e. The van der Waals surface area contributed by atoms with Crippen molar-refractivity contribution in [1.29, 1.82) is 0 Å². The van der Waals surface area contributed by atoms with Gasteiger partial charge in [-0.15, -0.1) is 0 Å². The van der Waals surface area contributed by atoms with Crippen LogP contribution in [0.2, 0.25) is 0 Å². The van der Waals surface area contributed by atoms with Crippen LogP contribution >= 0.6 is 0 Å². The van der Waals surface area contributed by atoms with Crippen LogP contribution in [0.3, 0.4) is 0 Å². The van der Waals surface area contributed by atoms with Crippen molar-refractivity contribution in [2.45, 2.75) is 53.4 Å². The molecule has 0 aliphatic carbocycles. The SMILES string of the molecule is Cc1cc(C(C)(C)C)ccc1CC(C(=O)O)C(C)C. The van der Waals surface area contributed by atoms with Crippen molar-refractivity contribution in [3.05, 3.63) is 34.9 Å². The number of benzene rings is 1. The molecule has 106 valence electrons. The fourth-order valence-electron chi connectivity index (χ4n) is 2.24. The fraction of sp³-hybridized carbons (Fsp3) is 0.588. The lowest BCUT2D eigenvalue weighted by Crippen LogP contribution is -2.22. The summed E-state index contributed by atoms with van der Waals surface area (Å²) in [5.41, 5.74) is 3.77. The lowest BCUT2D eigenvalue weighted by Gasteiger charge is -2.22. The van der Waals surface area contributed by atoms with Gasteiger partial charge < -0.3 is 5.11 Å². The standard InChI is InChI=1S/C17H26O2/c1-11(2)15(16(18)19)10-13-7-8-14(9-12(13)3)17(4,5)6/h7-9,11,15H,10H2,1-6H3,(H,18,19). The third-order valence-electron chi connectivity index (χ3n) is 3.77. The smallest absolute Gasteiger partial charge is 0.307 e. The summed E-state index contributed by atoms with van der Waals surface area (Å²) < 4.78 is 0. The van der Waals surface area contributed by atoms with E-state index < -0.39 is 5.97 Å². The number of carboxylic acids is 1. The third kappa shape index (κ3) is 4.09. The third-order valence-corrected chi connectivity index (χ3v) is 3.77. The van der Waals surface area contributed by atoms with Crippen LogP contribution in [0, 0.1) is 18.8 Å². The molecule has 0 radical (unpaired) electrons. The van der Waals surface area contributed by atoms with Gasteiger partial charge in [0.25, 0.3) is 0 Å². The average Bonchev–Trinajstić information content (AvgIpc) is 2.24. The van der Waals surface area contributed by atoms with Gasteiger partial charge in [-0.3, -0.25) is 4.79 Å². The number of carboxylic acid groups (broad SMARTS) is 1. The minimum absolute atomic E-state index is 0.132. The van der Waals surface area contributed by atoms with Crippen molar-refractivity contribution in [3.63, 3.8) is 0 Å². The number of hydrogen-bond acceptors (Lipinski definition) is 1. The van der Waals surface area contributed by atoms with Crippen LogP contribution in [0.1, 0.15) is 51.3 Å². The van der Waals surface area contributed by atoms with Crippen molar-refractivity contribution in [1.82, 2.24) is 0 Å². The molecule has 1 N–H and O–H groups in total. The molecule has 0 saturated carbocycles. The van der Waals surface area contributed by atoms with Gasteiger partial charge in [-0.05, 0) is 41.4 Å². The van der Waals surface area contributed by atoms with Crippen LogP contribution in [0.5, 0.6) is 0 Å². The summed E-state index contributed by atoms with van der Waals surface area (Å²) in [6.45, 7) is 12.6. The van der Waals surface area contributed by atoms with Crippen LogP contribution in [-0.2, 0) is 16.6 Å². The average molecular weight is 262 g/mol. The van der Waals surface area contributed by atoms with Gasteiger partial charge in [0.2, 0.25) is 0 Å². The number of hydrogen-bond donors (Lipinski definition) is 1. The first-order chi connectivity index (χ1) is 8.62. The van der Waals surface area contributed by atoms with Gasteiger partial charge in [0, 0.05) is 0 Å². The molecule has 19 heavy (non-hydrogen) atoms. The van der Waals surface area contributed by atoms with Gasteiger partial charge in [-0.2, -0.15) is 0 Å². The molecule has 2 nitrogen and oxygen atoms in total. The molecule has 1 rings (SSSR count). The summed E-state index contributed by atoms with van der Waals surface area (Å²) in [7, 11) is 0. The molecule has 0 saturated heterocycles. The van der Waals surface area contributed by atoms with Crippen LogP contribution in [0.4, 0.5) is 0 Å². The van der Waals surface area contributed by atoms with Gasteiger partial charge >= 0.3 is 5.97 Å². The van der Waals surface area contributed by atoms with Crippen LogP contribution in [0.25, 0.3) is 0 Å². The Balaban J connectivity index is 3.00. The van der Waals surface area contributed by atoms with Gasteiger partial charge in [-0.1, -0.05) is 52.8 Å². The van der Waals surface area contributed by atoms with Gasteiger partial charge in [-0.25, -0.2) is 0 Å². The van der Waals surface area contributed by atoms with Gasteiger partial charge in [0.1, 0.15) is 0 Å². The second kappa shape index (κ2) is 5.77. The van der Waals surface area contributed by atoms with E-state index in [2.05, 4.69) is 45.9 Å². The first kappa shape index (κ1) is 15.7. The Labute approximate surface area is 116 Å². The molecule has 0 bridgehead atoms. The highest BCUT2D eigenvalue weighted by atomic mass is 16.4. The molecule has 1 unspecified atom stereocenters. The molecular formula is C17H26O2. The van der Waals surface area contributed by atoms with E-state index >= 15 is 0 Å². The highest BCUT2D eigenvalue weighted by Gasteiger charge is 2.23. The summed E-state index contributed by atoms with van der Waals surface area (Å²) in [5.74, 6) is -0.854. The Kier molecular flexibility index (Phi) is 4.78. The van der Waals surface area contributed by atoms with E-state index in [4.69, 9.17) is 0 Å². The summed E-state index contributed by atoms with van der Waals surface area (Å²) in [6.07, 6.45) is 0.614. The number of carbonyl (C=O) groups is 1. The number of aryl methyl sites for hydroxylation is 1. The second-order valence-electron chi connectivity index (χ2n) is 6.78. The number of rotatable bonds is 4. The molecule has 0 spiro atoms. The second-order valence-corrected chi connectivity index (χ2v) is 6.78. The summed E-state index contributed by atoms with van der Waals surface area (Å²) in [6, 6.07) is 6.41. The Morgan fingerprint density at radius 3 is 2.21 bits per heavy atom. The van der Waals surface area contributed by atoms with Crippen LogP contribution in [0.15, 0.2) is 18.2 Å². The van der Waals surface area contributed by atoms with E-state index in [9.17, 15) is 9.90 Å². The normalized spacial score (nSPS) is 13.6. The van der Waals surface area contributed by atoms with E-state index in [-0.39, 0.29) is 17.3 Å². The van der Waals surface area contributed by atoms with Crippen molar-refractivity contribution in [3.8, 4) is 0 Å². The predicted octanol–water partition coefficient (Wildman–Crippen LogP) is 4.19. The Bertz CT molecular complexity index is 453. The zero-order chi connectivity index (χ0) is 14.8. The van der Waals surface area contributed by atoms with E-state index in [1.807, 2.05) is 13.8 Å². The molecule has 0 heterocycles. The summed E-state index contributed by atoms with van der Waals surface area (Å²) in [5, 5.41) is 9.28. The predicted molar refractivity (Wildman–Crippen MR) is 79.5 cm³/mol. The Morgan fingerprint density at radius 2 is 1.84 bits per heavy atom. The van der Waals surface area contributed by atoms with E-state index in [0.29, 0.717) is 6.42 Å². The van der Waals surface area contributed by atoms with Gasteiger partial charge in [0.15, 0.2) is 0 Å². The van der Waals surface area contributed by atoms with Crippen molar-refractivity contribution >= 4 is 5.97 Å². The summed E-state index contributed by atoms with van der Waals surface area (Å²) in [4.78, 5) is 11.3. The first-order valence-electron chi connectivity index (χ1n) is 6.95. The highest BCUT2D eigenvalue weighted by Crippen LogP contribution is 2.26. The Morgan fingerprint density at radius 1 is 1.26 bits per heavy atom. The maximum atomic E-state index is 11.3.